The highest BCUT2D eigenvalue weighted by Gasteiger charge is 2.70. The van der Waals surface area contributed by atoms with E-state index in [1.807, 2.05) is 13.8 Å². The third kappa shape index (κ3) is 4.50. The van der Waals surface area contributed by atoms with E-state index in [0.717, 1.165) is 56.1 Å². The molecule has 0 aromatic heterocycles. The lowest BCUT2D eigenvalue weighted by Gasteiger charge is -2.70. The second-order valence-electron chi connectivity index (χ2n) is 15.1. The van der Waals surface area contributed by atoms with Crippen LogP contribution in [0.4, 0.5) is 0 Å². The summed E-state index contributed by atoms with van der Waals surface area (Å²) in [5.41, 5.74) is 0.982. The summed E-state index contributed by atoms with van der Waals surface area (Å²) < 4.78 is 18.0. The Morgan fingerprint density at radius 2 is 1.73 bits per heavy atom. The molecule has 11 atom stereocenters. The smallest absolute Gasteiger partial charge is 0.335 e. The number of aliphatic hydroxyl groups excluding tert-OH is 1. The lowest BCUT2D eigenvalue weighted by Crippen LogP contribution is -2.67. The molecule has 7 nitrogen and oxygen atoms in total. The number of fused-ring (bicyclic) bond motifs is 6. The van der Waals surface area contributed by atoms with Gasteiger partial charge < -0.3 is 19.3 Å². The van der Waals surface area contributed by atoms with Crippen molar-refractivity contribution >= 4 is 17.9 Å². The number of cyclic esters (lactones) is 1. The van der Waals surface area contributed by atoms with Crippen LogP contribution in [0, 0.1) is 39.4 Å². The van der Waals surface area contributed by atoms with Crippen LogP contribution < -0.4 is 0 Å². The fraction of sp³-hybridized carbons (Fsp3) is 0.853. The van der Waals surface area contributed by atoms with Crippen LogP contribution in [0.25, 0.3) is 0 Å². The summed E-state index contributed by atoms with van der Waals surface area (Å²) in [5, 5.41) is 10.3. The normalized spacial score (nSPS) is 44.9. The predicted molar refractivity (Wildman–Crippen MR) is 154 cm³/mol. The Morgan fingerprint density at radius 3 is 2.39 bits per heavy atom. The molecule has 0 spiro atoms. The van der Waals surface area contributed by atoms with Crippen molar-refractivity contribution in [1.82, 2.24) is 0 Å². The Labute approximate surface area is 246 Å². The van der Waals surface area contributed by atoms with E-state index in [1.165, 1.54) is 6.92 Å². The Kier molecular flexibility index (Phi) is 7.74. The molecular weight excluding hydrogens is 520 g/mol. The van der Waals surface area contributed by atoms with Crippen molar-refractivity contribution in [2.24, 2.45) is 39.4 Å². The van der Waals surface area contributed by atoms with Crippen LogP contribution in [0.5, 0.6) is 0 Å². The Morgan fingerprint density at radius 1 is 1.05 bits per heavy atom. The van der Waals surface area contributed by atoms with Crippen LogP contribution in [-0.4, -0.2) is 47.4 Å². The fourth-order valence-electron chi connectivity index (χ4n) is 11.1. The minimum Gasteiger partial charge on any atom is -0.462 e. The molecule has 1 heterocycles. The van der Waals surface area contributed by atoms with Crippen molar-refractivity contribution in [2.75, 3.05) is 0 Å². The van der Waals surface area contributed by atoms with Crippen LogP contribution in [0.2, 0.25) is 0 Å². The maximum absolute atomic E-state index is 13.4. The summed E-state index contributed by atoms with van der Waals surface area (Å²) >= 11 is 0. The topological polar surface area (TPSA) is 99.1 Å². The van der Waals surface area contributed by atoms with E-state index in [4.69, 9.17) is 14.2 Å². The zero-order valence-electron chi connectivity index (χ0n) is 26.5. The highest BCUT2D eigenvalue weighted by Crippen LogP contribution is 2.74. The van der Waals surface area contributed by atoms with Gasteiger partial charge in [0, 0.05) is 23.3 Å². The molecule has 0 bridgehead atoms. The van der Waals surface area contributed by atoms with E-state index < -0.39 is 23.6 Å². The van der Waals surface area contributed by atoms with Crippen molar-refractivity contribution in [3.63, 3.8) is 0 Å². The van der Waals surface area contributed by atoms with Gasteiger partial charge in [0.2, 0.25) is 0 Å². The molecule has 1 aliphatic heterocycles. The van der Waals surface area contributed by atoms with E-state index in [1.54, 1.807) is 0 Å². The molecule has 0 aromatic carbocycles. The number of carbonyl (C=O) groups is 3. The van der Waals surface area contributed by atoms with Crippen LogP contribution in [0.15, 0.2) is 11.1 Å². The zero-order chi connectivity index (χ0) is 30.1. The molecule has 5 unspecified atom stereocenters. The standard InChI is InChI=1S/C34H52O7/c1-9-22(36)17-28(37)41-27-18-26-32(6)15-10-14-31(5,20(3)40-21(4)35)24(32)13-16-33(26,7)25-12-11-23-19(2)39-30(38)29(23)34(25,27)8/h19-20,22,24-27,36H,9-18H2,1-8H3/t19-,20?,22?,24?,25?,26?,27-,31+,32-,33-,34+/m0/s1. The molecule has 1 N–H and O–H groups in total. The number of aliphatic hydroxyl groups is 1. The van der Waals surface area contributed by atoms with Gasteiger partial charge in [-0.3, -0.25) is 9.59 Å². The van der Waals surface area contributed by atoms with Crippen LogP contribution in [0.1, 0.15) is 120 Å². The minimum atomic E-state index is -0.740. The lowest BCUT2D eigenvalue weighted by atomic mass is 9.34. The number of hydrogen-bond donors (Lipinski definition) is 1. The van der Waals surface area contributed by atoms with E-state index >= 15 is 0 Å². The number of ether oxygens (including phenoxy) is 3. The first-order valence-corrected chi connectivity index (χ1v) is 16.1. The SMILES string of the molecule is CCC(O)CC(=O)O[C@H]1CC2[C@@]3(C)CCC[C@](C)(C(C)OC(C)=O)C3CC[C@@]2(C)C2CCC3=C(C(=O)O[C@H]3C)[C@]21C. The third-order valence-electron chi connectivity index (χ3n) is 13.2. The summed E-state index contributed by atoms with van der Waals surface area (Å²) in [4.78, 5) is 38.7. The number of esters is 3. The van der Waals surface area contributed by atoms with Crippen molar-refractivity contribution in [2.45, 2.75) is 144 Å². The summed E-state index contributed by atoms with van der Waals surface area (Å²) in [7, 11) is 0. The first kappa shape index (κ1) is 30.6. The van der Waals surface area contributed by atoms with Gasteiger partial charge >= 0.3 is 17.9 Å². The second kappa shape index (κ2) is 10.4. The maximum Gasteiger partial charge on any atom is 0.335 e. The average Bonchev–Trinajstić information content (AvgIpc) is 3.18. The summed E-state index contributed by atoms with van der Waals surface area (Å²) in [6.07, 6.45) is 6.54. The number of carbonyl (C=O) groups excluding carboxylic acids is 3. The second-order valence-corrected chi connectivity index (χ2v) is 15.1. The first-order valence-electron chi connectivity index (χ1n) is 16.1. The quantitative estimate of drug-likeness (QED) is 0.294. The molecule has 4 aliphatic carbocycles. The maximum atomic E-state index is 13.4. The summed E-state index contributed by atoms with van der Waals surface area (Å²) in [5.74, 6) is -0.0665. The van der Waals surface area contributed by atoms with Gasteiger partial charge in [0.15, 0.2) is 0 Å². The predicted octanol–water partition coefficient (Wildman–Crippen LogP) is 6.30. The molecule has 3 saturated carbocycles. The molecule has 0 saturated heterocycles. The molecule has 230 valence electrons. The Balaban J connectivity index is 1.58. The van der Waals surface area contributed by atoms with E-state index in [0.29, 0.717) is 18.8 Å². The zero-order valence-corrected chi connectivity index (χ0v) is 26.5. The Hall–Kier alpha value is -1.89. The molecule has 0 amide bonds. The molecule has 7 heteroatoms. The number of rotatable bonds is 6. The highest BCUT2D eigenvalue weighted by atomic mass is 16.6. The molecule has 41 heavy (non-hydrogen) atoms. The van der Waals surface area contributed by atoms with E-state index in [9.17, 15) is 19.5 Å². The van der Waals surface area contributed by atoms with Gasteiger partial charge in [-0.05, 0) is 99.4 Å². The van der Waals surface area contributed by atoms with Gasteiger partial charge in [0.1, 0.15) is 18.3 Å². The van der Waals surface area contributed by atoms with Gasteiger partial charge in [-0.2, -0.15) is 0 Å². The molecule has 0 radical (unpaired) electrons. The van der Waals surface area contributed by atoms with Crippen molar-refractivity contribution in [3.05, 3.63) is 11.1 Å². The molecule has 3 fully saturated rings. The van der Waals surface area contributed by atoms with Crippen molar-refractivity contribution in [3.8, 4) is 0 Å². The highest BCUT2D eigenvalue weighted by molar-refractivity contribution is 5.94. The summed E-state index contributed by atoms with van der Waals surface area (Å²) in [6, 6.07) is 0. The van der Waals surface area contributed by atoms with Gasteiger partial charge in [0.05, 0.1) is 12.5 Å². The molecule has 5 aliphatic rings. The van der Waals surface area contributed by atoms with Gasteiger partial charge in [-0.25, -0.2) is 4.79 Å². The number of hydrogen-bond acceptors (Lipinski definition) is 7. The average molecular weight is 573 g/mol. The first-order chi connectivity index (χ1) is 19.1. The fourth-order valence-corrected chi connectivity index (χ4v) is 11.1. The van der Waals surface area contributed by atoms with Crippen molar-refractivity contribution < 1.29 is 33.7 Å². The van der Waals surface area contributed by atoms with E-state index in [-0.39, 0.29) is 58.6 Å². The summed E-state index contributed by atoms with van der Waals surface area (Å²) in [6.45, 7) is 16.7. The largest absolute Gasteiger partial charge is 0.462 e. The van der Waals surface area contributed by atoms with Gasteiger partial charge in [-0.1, -0.05) is 41.0 Å². The van der Waals surface area contributed by atoms with Gasteiger partial charge in [0.25, 0.3) is 0 Å². The van der Waals surface area contributed by atoms with Crippen LogP contribution in [0.3, 0.4) is 0 Å². The third-order valence-corrected chi connectivity index (χ3v) is 13.2. The monoisotopic (exact) mass is 572 g/mol. The lowest BCUT2D eigenvalue weighted by molar-refractivity contribution is -0.237. The van der Waals surface area contributed by atoms with Crippen molar-refractivity contribution in [1.29, 1.82) is 0 Å². The molecule has 0 aromatic rings. The molecule has 5 rings (SSSR count). The Bertz CT molecular complexity index is 1130. The van der Waals surface area contributed by atoms with Crippen LogP contribution >= 0.6 is 0 Å². The van der Waals surface area contributed by atoms with Gasteiger partial charge in [-0.15, -0.1) is 0 Å². The van der Waals surface area contributed by atoms with E-state index in [2.05, 4.69) is 34.6 Å². The van der Waals surface area contributed by atoms with Crippen LogP contribution in [-0.2, 0) is 28.6 Å². The molecular formula is C34H52O7. The minimum absolute atomic E-state index is 0.0263.